The number of carbonyl (C=O) groups is 2. The van der Waals surface area contributed by atoms with Crippen molar-refractivity contribution in [3.63, 3.8) is 0 Å². The van der Waals surface area contributed by atoms with Crippen molar-refractivity contribution in [1.29, 1.82) is 0 Å². The molecular weight excluding hydrogens is 260 g/mol. The van der Waals surface area contributed by atoms with Crippen molar-refractivity contribution in [1.82, 2.24) is 9.88 Å². The van der Waals surface area contributed by atoms with E-state index in [9.17, 15) is 9.59 Å². The topological polar surface area (TPSA) is 68.7 Å². The van der Waals surface area contributed by atoms with Gasteiger partial charge in [-0.3, -0.25) is 9.78 Å². The first-order valence-electron chi connectivity index (χ1n) is 6.56. The third-order valence-corrected chi connectivity index (χ3v) is 3.47. The number of methoxy groups -OCH3 is 2. The smallest absolute Gasteiger partial charge is 0.328 e. The van der Waals surface area contributed by atoms with Crippen LogP contribution in [0.4, 0.5) is 0 Å². The Morgan fingerprint density at radius 1 is 1.35 bits per heavy atom. The largest absolute Gasteiger partial charge is 0.494 e. The van der Waals surface area contributed by atoms with Gasteiger partial charge >= 0.3 is 5.97 Å². The summed E-state index contributed by atoms with van der Waals surface area (Å²) in [5, 5.41) is 0. The zero-order valence-electron chi connectivity index (χ0n) is 11.7. The van der Waals surface area contributed by atoms with Crippen molar-refractivity contribution in [3.8, 4) is 5.75 Å². The summed E-state index contributed by atoms with van der Waals surface area (Å²) in [6.07, 6.45) is 5.45. The number of nitrogens with zero attached hydrogens (tertiary/aromatic N) is 2. The Labute approximate surface area is 117 Å². The Balaban J connectivity index is 2.27. The highest BCUT2D eigenvalue weighted by Gasteiger charge is 2.34. The highest BCUT2D eigenvalue weighted by atomic mass is 16.5. The lowest BCUT2D eigenvalue weighted by Gasteiger charge is -2.34. The standard InChI is InChI=1S/C14H18N2O4/c1-19-12-9-15-7-6-10(12)13(17)16-8-4-3-5-11(16)14(18)20-2/h6-7,9,11H,3-5,8H2,1-2H3/t11-/m1/s1. The van der Waals surface area contributed by atoms with E-state index in [-0.39, 0.29) is 11.9 Å². The second kappa shape index (κ2) is 6.36. The fourth-order valence-electron chi connectivity index (χ4n) is 2.43. The molecule has 0 aromatic carbocycles. The van der Waals surface area contributed by atoms with Crippen LogP contribution in [0.25, 0.3) is 0 Å². The number of amides is 1. The summed E-state index contributed by atoms with van der Waals surface area (Å²) in [6.45, 7) is 0.546. The lowest BCUT2D eigenvalue weighted by molar-refractivity contribution is -0.147. The van der Waals surface area contributed by atoms with Gasteiger partial charge in [0.25, 0.3) is 5.91 Å². The van der Waals surface area contributed by atoms with E-state index in [1.54, 1.807) is 11.0 Å². The van der Waals surface area contributed by atoms with Crippen LogP contribution in [-0.4, -0.2) is 48.6 Å². The maximum Gasteiger partial charge on any atom is 0.328 e. The average Bonchev–Trinajstić information content (AvgIpc) is 2.53. The number of hydrogen-bond donors (Lipinski definition) is 0. The van der Waals surface area contributed by atoms with E-state index in [2.05, 4.69) is 4.98 Å². The molecule has 0 N–H and O–H groups in total. The monoisotopic (exact) mass is 278 g/mol. The van der Waals surface area contributed by atoms with Crippen LogP contribution in [0.1, 0.15) is 29.6 Å². The van der Waals surface area contributed by atoms with Crippen LogP contribution in [0.15, 0.2) is 18.5 Å². The number of pyridine rings is 1. The molecule has 1 aliphatic rings. The fourth-order valence-corrected chi connectivity index (χ4v) is 2.43. The molecule has 0 bridgehead atoms. The van der Waals surface area contributed by atoms with Crippen molar-refractivity contribution in [3.05, 3.63) is 24.0 Å². The van der Waals surface area contributed by atoms with Crippen LogP contribution in [-0.2, 0) is 9.53 Å². The summed E-state index contributed by atoms with van der Waals surface area (Å²) in [5.74, 6) is -0.183. The zero-order chi connectivity index (χ0) is 14.5. The summed E-state index contributed by atoms with van der Waals surface area (Å²) in [6, 6.07) is 1.09. The Kier molecular flexibility index (Phi) is 4.55. The molecule has 1 aromatic heterocycles. The van der Waals surface area contributed by atoms with Gasteiger partial charge in [-0.2, -0.15) is 0 Å². The third kappa shape index (κ3) is 2.74. The van der Waals surface area contributed by atoms with Crippen LogP contribution in [0, 0.1) is 0 Å². The number of aromatic nitrogens is 1. The highest BCUT2D eigenvalue weighted by Crippen LogP contribution is 2.24. The molecule has 0 radical (unpaired) electrons. The number of hydrogen-bond acceptors (Lipinski definition) is 5. The minimum atomic E-state index is -0.515. The first kappa shape index (κ1) is 14.3. The molecule has 1 saturated heterocycles. The molecule has 2 rings (SSSR count). The van der Waals surface area contributed by atoms with Crippen molar-refractivity contribution < 1.29 is 19.1 Å². The van der Waals surface area contributed by atoms with Gasteiger partial charge in [0.15, 0.2) is 0 Å². The summed E-state index contributed by atoms with van der Waals surface area (Å²) < 4.78 is 9.94. The minimum Gasteiger partial charge on any atom is -0.494 e. The molecule has 0 saturated carbocycles. The van der Waals surface area contributed by atoms with Crippen molar-refractivity contribution >= 4 is 11.9 Å². The lowest BCUT2D eigenvalue weighted by Crippen LogP contribution is -2.48. The Morgan fingerprint density at radius 2 is 2.15 bits per heavy atom. The Morgan fingerprint density at radius 3 is 2.85 bits per heavy atom. The van der Waals surface area contributed by atoms with Gasteiger partial charge in [-0.05, 0) is 25.3 Å². The molecule has 108 valence electrons. The van der Waals surface area contributed by atoms with Gasteiger partial charge in [0.2, 0.25) is 0 Å². The van der Waals surface area contributed by atoms with E-state index in [1.165, 1.54) is 26.6 Å². The molecule has 1 aromatic rings. The maximum absolute atomic E-state index is 12.6. The second-order valence-corrected chi connectivity index (χ2v) is 4.61. The molecule has 1 fully saturated rings. The van der Waals surface area contributed by atoms with Gasteiger partial charge in [0, 0.05) is 12.7 Å². The van der Waals surface area contributed by atoms with E-state index >= 15 is 0 Å². The molecule has 1 aliphatic heterocycles. The third-order valence-electron chi connectivity index (χ3n) is 3.47. The minimum absolute atomic E-state index is 0.223. The van der Waals surface area contributed by atoms with E-state index in [0.29, 0.717) is 24.3 Å². The quantitative estimate of drug-likeness (QED) is 0.778. The highest BCUT2D eigenvalue weighted by molar-refractivity contribution is 5.99. The van der Waals surface area contributed by atoms with E-state index in [0.717, 1.165) is 12.8 Å². The van der Waals surface area contributed by atoms with Crippen molar-refractivity contribution in [2.45, 2.75) is 25.3 Å². The fraction of sp³-hybridized carbons (Fsp3) is 0.500. The zero-order valence-corrected chi connectivity index (χ0v) is 11.7. The number of esters is 1. The summed E-state index contributed by atoms with van der Waals surface area (Å²) >= 11 is 0. The Bertz CT molecular complexity index is 504. The predicted octanol–water partition coefficient (Wildman–Crippen LogP) is 1.26. The van der Waals surface area contributed by atoms with Gasteiger partial charge in [-0.25, -0.2) is 4.79 Å². The number of ether oxygens (including phenoxy) is 2. The first-order chi connectivity index (χ1) is 9.69. The van der Waals surface area contributed by atoms with Crippen molar-refractivity contribution in [2.24, 2.45) is 0 Å². The number of piperidine rings is 1. The van der Waals surface area contributed by atoms with Crippen LogP contribution >= 0.6 is 0 Å². The summed E-state index contributed by atoms with van der Waals surface area (Å²) in [7, 11) is 2.83. The van der Waals surface area contributed by atoms with Crippen LogP contribution in [0.3, 0.4) is 0 Å². The van der Waals surface area contributed by atoms with Gasteiger partial charge in [0.05, 0.1) is 26.0 Å². The average molecular weight is 278 g/mol. The van der Waals surface area contributed by atoms with Gasteiger partial charge in [-0.1, -0.05) is 0 Å². The van der Waals surface area contributed by atoms with Gasteiger partial charge in [0.1, 0.15) is 11.8 Å². The molecule has 0 unspecified atom stereocenters. The van der Waals surface area contributed by atoms with E-state index in [1.807, 2.05) is 0 Å². The molecule has 1 atom stereocenters. The van der Waals surface area contributed by atoms with Crippen LogP contribution in [0.2, 0.25) is 0 Å². The normalized spacial score (nSPS) is 18.5. The first-order valence-corrected chi connectivity index (χ1v) is 6.56. The lowest BCUT2D eigenvalue weighted by atomic mass is 10.0. The van der Waals surface area contributed by atoms with Gasteiger partial charge < -0.3 is 14.4 Å². The van der Waals surface area contributed by atoms with Crippen LogP contribution in [0.5, 0.6) is 5.75 Å². The summed E-state index contributed by atoms with van der Waals surface area (Å²) in [4.78, 5) is 29.9. The van der Waals surface area contributed by atoms with E-state index in [4.69, 9.17) is 9.47 Å². The van der Waals surface area contributed by atoms with Crippen molar-refractivity contribution in [2.75, 3.05) is 20.8 Å². The van der Waals surface area contributed by atoms with Gasteiger partial charge in [-0.15, -0.1) is 0 Å². The number of rotatable bonds is 3. The molecular formula is C14H18N2O4. The van der Waals surface area contributed by atoms with E-state index < -0.39 is 6.04 Å². The predicted molar refractivity (Wildman–Crippen MR) is 71.5 cm³/mol. The Hall–Kier alpha value is -2.11. The molecule has 1 amide bonds. The number of carbonyl (C=O) groups excluding carboxylic acids is 2. The second-order valence-electron chi connectivity index (χ2n) is 4.61. The van der Waals surface area contributed by atoms with Crippen LogP contribution < -0.4 is 4.74 Å². The SMILES string of the molecule is COC(=O)[C@H]1CCCCN1C(=O)c1ccncc1OC. The maximum atomic E-state index is 12.6. The molecule has 20 heavy (non-hydrogen) atoms. The molecule has 0 spiro atoms. The molecule has 2 heterocycles. The number of likely N-dealkylation sites (tertiary alicyclic amines) is 1. The molecule has 0 aliphatic carbocycles. The molecule has 6 nitrogen and oxygen atoms in total. The summed E-state index contributed by atoms with van der Waals surface area (Å²) in [5.41, 5.74) is 0.415. The molecule has 6 heteroatoms.